The lowest BCUT2D eigenvalue weighted by molar-refractivity contribution is -0.322. The molecule has 9 heteroatoms. The lowest BCUT2D eigenvalue weighted by atomic mass is 10.2. The number of carbonyl (C=O) groups is 1. The van der Waals surface area contributed by atoms with Crippen LogP contribution in [-0.4, -0.2) is 46.0 Å². The Hall–Kier alpha value is -0.830. The molecule has 5 nitrogen and oxygen atoms in total. The van der Waals surface area contributed by atoms with Crippen LogP contribution in [0, 0.1) is 5.92 Å². The molecule has 0 bridgehead atoms. The van der Waals surface area contributed by atoms with E-state index in [4.69, 9.17) is 0 Å². The third-order valence-corrected chi connectivity index (χ3v) is 3.56. The number of alkyl halides is 3. The van der Waals surface area contributed by atoms with Crippen molar-refractivity contribution in [2.45, 2.75) is 13.3 Å². The largest absolute Gasteiger partial charge is 0.522 e. The molecule has 0 aliphatic carbocycles. The van der Waals surface area contributed by atoms with Gasteiger partial charge in [0.05, 0.1) is 31.1 Å². The predicted molar refractivity (Wildman–Crippen MR) is 51.8 cm³/mol. The van der Waals surface area contributed by atoms with Gasteiger partial charge < -0.3 is 4.74 Å². The number of esters is 1. The van der Waals surface area contributed by atoms with E-state index in [-0.39, 0.29) is 0 Å². The number of hydrogen-bond donors (Lipinski definition) is 0. The summed E-state index contributed by atoms with van der Waals surface area (Å²) in [6.45, 7) is 0.327. The molecule has 0 aromatic heterocycles. The van der Waals surface area contributed by atoms with Crippen LogP contribution >= 0.6 is 0 Å². The molecule has 1 unspecified atom stereocenters. The molecule has 0 saturated carbocycles. The number of methoxy groups -OCH3 is 1. The van der Waals surface area contributed by atoms with E-state index in [0.717, 1.165) is 7.11 Å². The monoisotopic (exact) mass is 278 g/mol. The fraction of sp³-hybridized carbons (Fsp3) is 0.875. The van der Waals surface area contributed by atoms with E-state index < -0.39 is 46.2 Å². The van der Waals surface area contributed by atoms with Crippen molar-refractivity contribution in [2.75, 3.05) is 25.2 Å². The summed E-state index contributed by atoms with van der Waals surface area (Å²) in [6, 6.07) is 0. The van der Waals surface area contributed by atoms with Crippen LogP contribution in [0.1, 0.15) is 6.92 Å². The molecule has 102 valence electrons. The van der Waals surface area contributed by atoms with Crippen molar-refractivity contribution in [2.24, 2.45) is 5.92 Å². The normalized spacial score (nSPS) is 14.4. The van der Waals surface area contributed by atoms with Gasteiger partial charge in [-0.2, -0.15) is 0 Å². The molecule has 0 rings (SSSR count). The quantitative estimate of drug-likeness (QED) is 0.670. The molecule has 0 radical (unpaired) electrons. The highest BCUT2D eigenvalue weighted by molar-refractivity contribution is 7.91. The van der Waals surface area contributed by atoms with E-state index >= 15 is 0 Å². The minimum absolute atomic E-state index is 0.569. The van der Waals surface area contributed by atoms with Gasteiger partial charge in [-0.25, -0.2) is 8.42 Å². The highest BCUT2D eigenvalue weighted by atomic mass is 32.2. The summed E-state index contributed by atoms with van der Waals surface area (Å²) in [7, 11) is -2.69. The van der Waals surface area contributed by atoms with E-state index in [9.17, 15) is 26.4 Å². The number of sulfone groups is 1. The molecule has 0 saturated heterocycles. The van der Waals surface area contributed by atoms with E-state index in [0.29, 0.717) is 0 Å². The molecule has 0 aliphatic rings. The third kappa shape index (κ3) is 7.97. The summed E-state index contributed by atoms with van der Waals surface area (Å²) in [4.78, 5) is 10.9. The molecule has 0 heterocycles. The van der Waals surface area contributed by atoms with Gasteiger partial charge in [-0.3, -0.25) is 9.53 Å². The summed E-state index contributed by atoms with van der Waals surface area (Å²) in [6.07, 6.45) is -4.86. The number of carbonyl (C=O) groups excluding carboxylic acids is 1. The highest BCUT2D eigenvalue weighted by Gasteiger charge is 2.30. The molecular formula is C8H13F3O5S. The summed E-state index contributed by atoms with van der Waals surface area (Å²) < 4.78 is 65.0. The van der Waals surface area contributed by atoms with Crippen molar-refractivity contribution in [1.82, 2.24) is 0 Å². The number of ether oxygens (including phenoxy) is 2. The molecule has 0 N–H and O–H groups in total. The fourth-order valence-corrected chi connectivity index (χ4v) is 2.42. The van der Waals surface area contributed by atoms with Gasteiger partial charge in [-0.05, 0) is 0 Å². The second kappa shape index (κ2) is 6.20. The maximum absolute atomic E-state index is 11.6. The van der Waals surface area contributed by atoms with E-state index in [1.165, 1.54) is 6.92 Å². The first kappa shape index (κ1) is 16.2. The second-order valence-corrected chi connectivity index (χ2v) is 5.56. The number of rotatable bonds is 6. The van der Waals surface area contributed by atoms with Gasteiger partial charge in [-0.1, -0.05) is 6.92 Å². The zero-order valence-electron chi connectivity index (χ0n) is 9.28. The van der Waals surface area contributed by atoms with Crippen LogP contribution in [0.25, 0.3) is 0 Å². The first-order valence-electron chi connectivity index (χ1n) is 4.56. The lowest BCUT2D eigenvalue weighted by Gasteiger charge is -2.10. The first-order chi connectivity index (χ1) is 7.57. The summed E-state index contributed by atoms with van der Waals surface area (Å²) >= 11 is 0. The topological polar surface area (TPSA) is 69.7 Å². The van der Waals surface area contributed by atoms with E-state index in [1.807, 2.05) is 0 Å². The average molecular weight is 278 g/mol. The van der Waals surface area contributed by atoms with Crippen molar-refractivity contribution >= 4 is 15.8 Å². The predicted octanol–water partition coefficient (Wildman–Crippen LogP) is 0.747. The zero-order chi connectivity index (χ0) is 13.7. The van der Waals surface area contributed by atoms with Crippen LogP contribution in [0.3, 0.4) is 0 Å². The van der Waals surface area contributed by atoms with Crippen molar-refractivity contribution in [1.29, 1.82) is 0 Å². The van der Waals surface area contributed by atoms with Crippen LogP contribution in [0.15, 0.2) is 0 Å². The first-order valence-corrected chi connectivity index (χ1v) is 6.38. The maximum atomic E-state index is 11.6. The van der Waals surface area contributed by atoms with Crippen LogP contribution in [0.4, 0.5) is 13.2 Å². The Balaban J connectivity index is 4.18. The van der Waals surface area contributed by atoms with Gasteiger partial charge in [-0.15, -0.1) is 13.2 Å². The van der Waals surface area contributed by atoms with Gasteiger partial charge in [0.1, 0.15) is 0 Å². The maximum Gasteiger partial charge on any atom is 0.522 e. The molecule has 0 aromatic rings. The zero-order valence-corrected chi connectivity index (χ0v) is 10.1. The van der Waals surface area contributed by atoms with Crippen molar-refractivity contribution < 1.29 is 35.9 Å². The van der Waals surface area contributed by atoms with Gasteiger partial charge in [0.15, 0.2) is 9.84 Å². The smallest absolute Gasteiger partial charge is 0.469 e. The standard InChI is InChI=1S/C8H13F3O5S/c1-6(7(12)15-2)5-17(13,14)4-3-16-8(9,10)11/h6H,3-5H2,1-2H3. The molecule has 0 fully saturated rings. The molecule has 0 amide bonds. The highest BCUT2D eigenvalue weighted by Crippen LogP contribution is 2.16. The molecule has 0 spiro atoms. The SMILES string of the molecule is COC(=O)C(C)CS(=O)(=O)CCOC(F)(F)F. The minimum atomic E-state index is -4.86. The van der Waals surface area contributed by atoms with Gasteiger partial charge in [0.25, 0.3) is 0 Å². The van der Waals surface area contributed by atoms with Gasteiger partial charge in [0, 0.05) is 0 Å². The number of halogens is 3. The van der Waals surface area contributed by atoms with Crippen LogP contribution in [0.5, 0.6) is 0 Å². The van der Waals surface area contributed by atoms with Gasteiger partial charge >= 0.3 is 12.3 Å². The van der Waals surface area contributed by atoms with Crippen LogP contribution < -0.4 is 0 Å². The van der Waals surface area contributed by atoms with Crippen molar-refractivity contribution in [3.05, 3.63) is 0 Å². The summed E-state index contributed by atoms with van der Waals surface area (Å²) in [5.74, 6) is -3.02. The Kier molecular flexibility index (Phi) is 5.89. The summed E-state index contributed by atoms with van der Waals surface area (Å²) in [5, 5.41) is 0. The van der Waals surface area contributed by atoms with Crippen molar-refractivity contribution in [3.63, 3.8) is 0 Å². The van der Waals surface area contributed by atoms with E-state index in [2.05, 4.69) is 9.47 Å². The average Bonchev–Trinajstić information content (AvgIpc) is 2.13. The number of hydrogen-bond acceptors (Lipinski definition) is 5. The molecular weight excluding hydrogens is 265 g/mol. The third-order valence-electron chi connectivity index (χ3n) is 1.77. The summed E-state index contributed by atoms with van der Waals surface area (Å²) in [5.41, 5.74) is 0. The molecule has 1 atom stereocenters. The molecule has 0 aliphatic heterocycles. The Bertz CT molecular complexity index is 349. The molecule has 17 heavy (non-hydrogen) atoms. The van der Waals surface area contributed by atoms with Crippen molar-refractivity contribution in [3.8, 4) is 0 Å². The van der Waals surface area contributed by atoms with E-state index in [1.54, 1.807) is 0 Å². The van der Waals surface area contributed by atoms with Crippen LogP contribution in [0.2, 0.25) is 0 Å². The Morgan fingerprint density at radius 2 is 1.88 bits per heavy atom. The minimum Gasteiger partial charge on any atom is -0.469 e. The lowest BCUT2D eigenvalue weighted by Crippen LogP contribution is -2.27. The Morgan fingerprint density at radius 1 is 1.35 bits per heavy atom. The Morgan fingerprint density at radius 3 is 2.29 bits per heavy atom. The fourth-order valence-electron chi connectivity index (χ4n) is 1.02. The van der Waals surface area contributed by atoms with Crippen LogP contribution in [-0.2, 0) is 24.1 Å². The second-order valence-electron chi connectivity index (χ2n) is 3.33. The molecule has 0 aromatic carbocycles. The Labute approximate surface area is 96.8 Å². The van der Waals surface area contributed by atoms with Gasteiger partial charge in [0.2, 0.25) is 0 Å².